The first-order valence-electron chi connectivity index (χ1n) is 5.86. The number of aromatic nitrogens is 2. The summed E-state index contributed by atoms with van der Waals surface area (Å²) < 4.78 is 5.71. The van der Waals surface area contributed by atoms with Crippen LogP contribution in [0.1, 0.15) is 6.42 Å². The van der Waals surface area contributed by atoms with E-state index in [0.717, 1.165) is 16.3 Å². The highest BCUT2D eigenvalue weighted by molar-refractivity contribution is 5.73. The van der Waals surface area contributed by atoms with Crippen LogP contribution in [-0.2, 0) is 4.74 Å². The summed E-state index contributed by atoms with van der Waals surface area (Å²) in [4.78, 5) is 12.6. The molecule has 0 fully saturated rings. The van der Waals surface area contributed by atoms with Crippen LogP contribution in [-0.4, -0.2) is 16.2 Å². The van der Waals surface area contributed by atoms with Crippen LogP contribution in [0, 0.1) is 0 Å². The zero-order valence-electron chi connectivity index (χ0n) is 10.2. The first kappa shape index (κ1) is 11.4. The smallest absolute Gasteiger partial charge is 0.156 e. The number of hydrogen-bond donors (Lipinski definition) is 0. The largest absolute Gasteiger partial charge is 0.455 e. The van der Waals surface area contributed by atoms with E-state index in [-0.39, 0.29) is 0 Å². The van der Waals surface area contributed by atoms with Crippen molar-refractivity contribution >= 4 is 18.4 Å². The molecule has 0 radical (unpaired) electrons. The van der Waals surface area contributed by atoms with Gasteiger partial charge in [-0.3, -0.25) is 4.99 Å². The molecule has 4 nitrogen and oxygen atoms in total. The molecule has 1 aromatic heterocycles. The van der Waals surface area contributed by atoms with E-state index in [9.17, 15) is 0 Å². The molecule has 0 aliphatic carbocycles. The summed E-state index contributed by atoms with van der Waals surface area (Å²) in [6.07, 6.45) is 12.9. The quantitative estimate of drug-likeness (QED) is 0.644. The van der Waals surface area contributed by atoms with Crippen molar-refractivity contribution in [2.75, 3.05) is 0 Å². The SMILES string of the molecule is C=C1/C=c2/cncn/c2=C/CC2=C(C=C=CC=N2)O1. The Kier molecular flexibility index (Phi) is 2.93. The van der Waals surface area contributed by atoms with Gasteiger partial charge in [-0.25, -0.2) is 9.97 Å². The van der Waals surface area contributed by atoms with Gasteiger partial charge < -0.3 is 4.74 Å². The van der Waals surface area contributed by atoms with Gasteiger partial charge in [-0.1, -0.05) is 12.7 Å². The molecule has 0 saturated carbocycles. The zero-order valence-corrected chi connectivity index (χ0v) is 10.2. The van der Waals surface area contributed by atoms with Gasteiger partial charge in [-0.2, -0.15) is 0 Å². The maximum Gasteiger partial charge on any atom is 0.156 e. The van der Waals surface area contributed by atoms with Gasteiger partial charge >= 0.3 is 0 Å². The van der Waals surface area contributed by atoms with Crippen LogP contribution in [0.3, 0.4) is 0 Å². The van der Waals surface area contributed by atoms with Crippen LogP contribution in [0.5, 0.6) is 0 Å². The van der Waals surface area contributed by atoms with Gasteiger partial charge in [0.2, 0.25) is 0 Å². The molecule has 0 unspecified atom stereocenters. The molecule has 0 saturated heterocycles. The molecule has 2 aliphatic heterocycles. The number of ether oxygens (including phenoxy) is 1. The molecule has 0 amide bonds. The van der Waals surface area contributed by atoms with E-state index < -0.39 is 0 Å². The molecule has 0 bridgehead atoms. The number of nitrogens with zero attached hydrogens (tertiary/aromatic N) is 3. The summed E-state index contributed by atoms with van der Waals surface area (Å²) in [5.41, 5.74) is 3.80. The molecular formula is C15H11N3O. The summed E-state index contributed by atoms with van der Waals surface area (Å²) in [5.74, 6) is 1.18. The van der Waals surface area contributed by atoms with Crippen molar-refractivity contribution in [3.63, 3.8) is 0 Å². The van der Waals surface area contributed by atoms with Gasteiger partial charge in [0.25, 0.3) is 0 Å². The third kappa shape index (κ3) is 2.44. The summed E-state index contributed by atoms with van der Waals surface area (Å²) in [6.45, 7) is 3.89. The summed E-state index contributed by atoms with van der Waals surface area (Å²) in [5, 5.41) is 1.73. The highest BCUT2D eigenvalue weighted by Crippen LogP contribution is 2.18. The Bertz CT molecular complexity index is 778. The second-order valence-electron chi connectivity index (χ2n) is 4.05. The van der Waals surface area contributed by atoms with Crippen molar-refractivity contribution < 1.29 is 4.74 Å². The van der Waals surface area contributed by atoms with Crippen LogP contribution in [0.15, 0.2) is 59.2 Å². The first-order chi connectivity index (χ1) is 9.33. The highest BCUT2D eigenvalue weighted by atomic mass is 16.5. The second kappa shape index (κ2) is 4.88. The first-order valence-corrected chi connectivity index (χ1v) is 5.86. The van der Waals surface area contributed by atoms with Gasteiger partial charge in [0.1, 0.15) is 12.1 Å². The van der Waals surface area contributed by atoms with Crippen molar-refractivity contribution in [2.45, 2.75) is 6.42 Å². The van der Waals surface area contributed by atoms with E-state index in [0.29, 0.717) is 17.9 Å². The Balaban J connectivity index is 2.18. The van der Waals surface area contributed by atoms with Gasteiger partial charge in [0.05, 0.1) is 11.0 Å². The molecule has 3 heterocycles. The molecule has 0 aromatic carbocycles. The molecule has 3 rings (SSSR count). The minimum absolute atomic E-state index is 0.522. The predicted molar refractivity (Wildman–Crippen MR) is 73.2 cm³/mol. The van der Waals surface area contributed by atoms with Crippen molar-refractivity contribution in [2.24, 2.45) is 4.99 Å². The van der Waals surface area contributed by atoms with E-state index in [1.165, 1.54) is 6.33 Å². The minimum Gasteiger partial charge on any atom is -0.455 e. The van der Waals surface area contributed by atoms with Crippen molar-refractivity contribution in [1.29, 1.82) is 0 Å². The molecule has 2 aliphatic rings. The van der Waals surface area contributed by atoms with Gasteiger partial charge in [0, 0.05) is 30.1 Å². The fourth-order valence-electron chi connectivity index (χ4n) is 1.85. The maximum absolute atomic E-state index is 5.71. The zero-order chi connectivity index (χ0) is 13.1. The molecule has 0 N–H and O–H groups in total. The molecule has 4 heteroatoms. The number of rotatable bonds is 0. The Morgan fingerprint density at radius 3 is 3.26 bits per heavy atom. The fourth-order valence-corrected chi connectivity index (χ4v) is 1.85. The normalized spacial score (nSPS) is 20.5. The van der Waals surface area contributed by atoms with E-state index in [4.69, 9.17) is 4.74 Å². The number of fused-ring (bicyclic) bond motifs is 1. The van der Waals surface area contributed by atoms with Crippen LogP contribution in [0.4, 0.5) is 0 Å². The Hall–Kier alpha value is -2.71. The lowest BCUT2D eigenvalue weighted by Crippen LogP contribution is -2.28. The Labute approximate surface area is 110 Å². The van der Waals surface area contributed by atoms with Crippen LogP contribution < -0.4 is 10.6 Å². The van der Waals surface area contributed by atoms with Crippen LogP contribution >= 0.6 is 0 Å². The third-order valence-corrected chi connectivity index (χ3v) is 2.72. The van der Waals surface area contributed by atoms with Gasteiger partial charge in [0.15, 0.2) is 5.76 Å². The minimum atomic E-state index is 0.522. The monoisotopic (exact) mass is 249 g/mol. The number of allylic oxidation sites excluding steroid dienone is 3. The van der Waals surface area contributed by atoms with Crippen molar-refractivity contribution in [1.82, 2.24) is 9.97 Å². The Morgan fingerprint density at radius 2 is 2.32 bits per heavy atom. The van der Waals surface area contributed by atoms with Crippen molar-refractivity contribution in [3.8, 4) is 0 Å². The summed E-state index contributed by atoms with van der Waals surface area (Å²) in [6, 6.07) is 0. The second-order valence-corrected chi connectivity index (χ2v) is 4.05. The number of hydrogen-bond acceptors (Lipinski definition) is 4. The Morgan fingerprint density at radius 1 is 1.37 bits per heavy atom. The maximum atomic E-state index is 5.71. The molecule has 19 heavy (non-hydrogen) atoms. The lowest BCUT2D eigenvalue weighted by atomic mass is 10.2. The third-order valence-electron chi connectivity index (χ3n) is 2.72. The topological polar surface area (TPSA) is 47.4 Å². The average Bonchev–Trinajstić information content (AvgIpc) is 2.59. The van der Waals surface area contributed by atoms with E-state index in [2.05, 4.69) is 27.3 Å². The lowest BCUT2D eigenvalue weighted by Gasteiger charge is -2.07. The van der Waals surface area contributed by atoms with Crippen LogP contribution in [0.25, 0.3) is 12.2 Å². The average molecular weight is 249 g/mol. The molecule has 1 aromatic rings. The summed E-state index contributed by atoms with van der Waals surface area (Å²) >= 11 is 0. The fraction of sp³-hybridized carbons (Fsp3) is 0.0667. The van der Waals surface area contributed by atoms with Gasteiger partial charge in [-0.15, -0.1) is 5.73 Å². The predicted octanol–water partition coefficient (Wildman–Crippen LogP) is 0.979. The molecule has 0 atom stereocenters. The van der Waals surface area contributed by atoms with E-state index >= 15 is 0 Å². The molecular weight excluding hydrogens is 238 g/mol. The number of aliphatic imine (C=N–C) groups is 1. The van der Waals surface area contributed by atoms with E-state index in [1.54, 1.807) is 24.6 Å². The highest BCUT2D eigenvalue weighted by Gasteiger charge is 2.08. The van der Waals surface area contributed by atoms with E-state index in [1.807, 2.05) is 12.2 Å². The van der Waals surface area contributed by atoms with Gasteiger partial charge in [-0.05, 0) is 12.2 Å². The summed E-state index contributed by atoms with van der Waals surface area (Å²) in [7, 11) is 0. The standard InChI is InChI=1S/C15H11N3O/c1-11-8-12-9-16-10-18-13(12)5-6-14-15(19-11)4-2-3-7-17-14/h3-5,7-10H,1,6H2/b12-8-,13-5+. The van der Waals surface area contributed by atoms with Crippen LogP contribution in [0.2, 0.25) is 0 Å². The molecule has 92 valence electrons. The lowest BCUT2D eigenvalue weighted by molar-refractivity contribution is 0.339. The molecule has 0 spiro atoms. The van der Waals surface area contributed by atoms with Crippen molar-refractivity contribution in [3.05, 3.63) is 64.8 Å².